The Morgan fingerprint density at radius 3 is 2.20 bits per heavy atom. The monoisotopic (exact) mass is 528 g/mol. The van der Waals surface area contributed by atoms with Gasteiger partial charge in [0, 0.05) is 17.5 Å². The highest BCUT2D eigenvalue weighted by Gasteiger charge is 2.25. The van der Waals surface area contributed by atoms with Crippen molar-refractivity contribution < 1.29 is 40.2 Å². The molecule has 194 valence electrons. The zero-order valence-corrected chi connectivity index (χ0v) is 22.3. The zero-order chi connectivity index (χ0) is 26.6. The van der Waals surface area contributed by atoms with Gasteiger partial charge in [0.05, 0.1) is 20.0 Å². The second-order valence-corrected chi connectivity index (χ2v) is 11.5. The molecule has 0 saturated heterocycles. The zero-order valence-electron chi connectivity index (χ0n) is 20.7. The van der Waals surface area contributed by atoms with E-state index < -0.39 is 26.2 Å². The number of ether oxygens (including phenoxy) is 1. The van der Waals surface area contributed by atoms with Crippen LogP contribution in [-0.2, 0) is 24.4 Å². The molecule has 2 N–H and O–H groups in total. The summed E-state index contributed by atoms with van der Waals surface area (Å²) in [6, 6.07) is 7.64. The fourth-order valence-electron chi connectivity index (χ4n) is 3.42. The molecule has 0 radical (unpaired) electrons. The minimum absolute atomic E-state index is 0.00300. The van der Waals surface area contributed by atoms with E-state index in [0.29, 0.717) is 23.1 Å². The Hall–Kier alpha value is -2.76. The summed E-state index contributed by atoms with van der Waals surface area (Å²) >= 11 is 0. The van der Waals surface area contributed by atoms with Crippen molar-refractivity contribution in [1.82, 2.24) is 0 Å². The smallest absolute Gasteiger partial charge is 0.339 e. The van der Waals surface area contributed by atoms with Crippen LogP contribution in [0.3, 0.4) is 0 Å². The minimum atomic E-state index is -4.15. The molecule has 11 heteroatoms. The van der Waals surface area contributed by atoms with Crippen LogP contribution in [0.5, 0.6) is 17.2 Å². The number of allylic oxidation sites excluding steroid dienone is 1. The first-order valence-electron chi connectivity index (χ1n) is 10.8. The van der Waals surface area contributed by atoms with Crippen LogP contribution in [0.25, 0.3) is 0 Å². The van der Waals surface area contributed by atoms with E-state index in [4.69, 9.17) is 13.1 Å². The second kappa shape index (κ2) is 11.3. The van der Waals surface area contributed by atoms with E-state index in [0.717, 1.165) is 11.8 Å². The molecule has 35 heavy (non-hydrogen) atoms. The van der Waals surface area contributed by atoms with E-state index in [1.165, 1.54) is 25.3 Å². The van der Waals surface area contributed by atoms with Gasteiger partial charge in [0.25, 0.3) is 0 Å². The maximum atomic E-state index is 12.9. The standard InChI is InChI=1S/C24H32O9S2/c1-15-7-10-19(11-8-15)35(29,30)33-22-13-20(23(26)24(31-5)18(22)4)16(2)9-12-21(17(3)14-25)32-34(6,27)28/h7-8,10-11,13,16,25-26H,9,12,14H2,1-6H3/b21-17+. The molecule has 0 fully saturated rings. The largest absolute Gasteiger partial charge is 0.504 e. The van der Waals surface area contributed by atoms with Gasteiger partial charge in [-0.15, -0.1) is 0 Å². The molecule has 2 aromatic rings. The number of aliphatic hydroxyl groups is 1. The van der Waals surface area contributed by atoms with Gasteiger partial charge < -0.3 is 23.3 Å². The van der Waals surface area contributed by atoms with Crippen LogP contribution in [0.15, 0.2) is 46.6 Å². The molecule has 0 aromatic heterocycles. The van der Waals surface area contributed by atoms with Gasteiger partial charge in [-0.3, -0.25) is 0 Å². The fourth-order valence-corrected chi connectivity index (χ4v) is 4.99. The molecule has 0 bridgehead atoms. The van der Waals surface area contributed by atoms with Crippen molar-refractivity contribution in [1.29, 1.82) is 0 Å². The molecule has 0 amide bonds. The molecule has 2 rings (SSSR count). The summed E-state index contributed by atoms with van der Waals surface area (Å²) in [6.07, 6.45) is 1.37. The third-order valence-corrected chi connectivity index (χ3v) is 7.25. The molecule has 0 heterocycles. The van der Waals surface area contributed by atoms with Crippen molar-refractivity contribution in [2.45, 2.75) is 51.3 Å². The van der Waals surface area contributed by atoms with Crippen molar-refractivity contribution in [3.63, 3.8) is 0 Å². The lowest BCUT2D eigenvalue weighted by atomic mass is 9.92. The number of aryl methyl sites for hydroxylation is 1. The molecule has 0 aliphatic heterocycles. The quantitative estimate of drug-likeness (QED) is 0.328. The van der Waals surface area contributed by atoms with E-state index in [9.17, 15) is 27.0 Å². The first kappa shape index (κ1) is 28.5. The summed E-state index contributed by atoms with van der Waals surface area (Å²) in [7, 11) is -6.60. The van der Waals surface area contributed by atoms with E-state index in [1.54, 1.807) is 32.9 Å². The van der Waals surface area contributed by atoms with Crippen LogP contribution in [-0.4, -0.2) is 47.0 Å². The summed E-state index contributed by atoms with van der Waals surface area (Å²) in [5.41, 5.74) is 1.91. The molecule has 9 nitrogen and oxygen atoms in total. The molecule has 0 saturated carbocycles. The number of aliphatic hydroxyl groups excluding tert-OH is 1. The molecular formula is C24H32O9S2. The number of benzene rings is 2. The highest BCUT2D eigenvalue weighted by molar-refractivity contribution is 7.87. The Labute approximate surface area is 207 Å². The van der Waals surface area contributed by atoms with Gasteiger partial charge in [0.1, 0.15) is 16.4 Å². The van der Waals surface area contributed by atoms with Crippen molar-refractivity contribution in [2.75, 3.05) is 20.0 Å². The van der Waals surface area contributed by atoms with Gasteiger partial charge in [-0.2, -0.15) is 16.8 Å². The van der Waals surface area contributed by atoms with Crippen LogP contribution in [0.4, 0.5) is 0 Å². The molecule has 0 aliphatic carbocycles. The van der Waals surface area contributed by atoms with Crippen LogP contribution < -0.4 is 8.92 Å². The van der Waals surface area contributed by atoms with Crippen molar-refractivity contribution >= 4 is 20.2 Å². The highest BCUT2D eigenvalue weighted by atomic mass is 32.2. The first-order chi connectivity index (χ1) is 16.2. The van der Waals surface area contributed by atoms with Crippen molar-refractivity contribution in [3.05, 3.63) is 58.4 Å². The van der Waals surface area contributed by atoms with E-state index in [-0.39, 0.29) is 40.9 Å². The first-order valence-corrected chi connectivity index (χ1v) is 14.0. The third kappa shape index (κ3) is 7.36. The highest BCUT2D eigenvalue weighted by Crippen LogP contribution is 2.44. The molecule has 0 aliphatic rings. The van der Waals surface area contributed by atoms with E-state index in [1.807, 2.05) is 6.92 Å². The summed E-state index contributed by atoms with van der Waals surface area (Å²) < 4.78 is 64.7. The van der Waals surface area contributed by atoms with Gasteiger partial charge >= 0.3 is 20.2 Å². The minimum Gasteiger partial charge on any atom is -0.504 e. The number of methoxy groups -OCH3 is 1. The van der Waals surface area contributed by atoms with Gasteiger partial charge in [-0.25, -0.2) is 0 Å². The predicted molar refractivity (Wildman–Crippen MR) is 132 cm³/mol. The molecule has 0 spiro atoms. The number of aromatic hydroxyl groups is 1. The van der Waals surface area contributed by atoms with Crippen molar-refractivity contribution in [3.8, 4) is 17.2 Å². The molecule has 1 unspecified atom stereocenters. The maximum Gasteiger partial charge on any atom is 0.339 e. The predicted octanol–water partition coefficient (Wildman–Crippen LogP) is 3.91. The second-order valence-electron chi connectivity index (χ2n) is 8.41. The van der Waals surface area contributed by atoms with Crippen LogP contribution in [0, 0.1) is 13.8 Å². The number of hydrogen-bond acceptors (Lipinski definition) is 9. The van der Waals surface area contributed by atoms with Gasteiger partial charge in [-0.1, -0.05) is 24.6 Å². The molecule has 1 atom stereocenters. The average Bonchev–Trinajstić information content (AvgIpc) is 2.77. The summed E-state index contributed by atoms with van der Waals surface area (Å²) in [6.45, 7) is 6.35. The third-order valence-electron chi connectivity index (χ3n) is 5.50. The topological polar surface area (TPSA) is 136 Å². The number of phenols is 1. The number of phenolic OH excluding ortho intramolecular Hbond substituents is 1. The Kier molecular flexibility index (Phi) is 9.21. The maximum absolute atomic E-state index is 12.9. The Morgan fingerprint density at radius 1 is 1.09 bits per heavy atom. The number of rotatable bonds is 11. The number of hydrogen-bond donors (Lipinski definition) is 2. The van der Waals surface area contributed by atoms with E-state index >= 15 is 0 Å². The molecular weight excluding hydrogens is 496 g/mol. The summed E-state index contributed by atoms with van der Waals surface area (Å²) in [5, 5.41) is 20.2. The van der Waals surface area contributed by atoms with Crippen molar-refractivity contribution in [2.24, 2.45) is 0 Å². The van der Waals surface area contributed by atoms with Crippen LogP contribution in [0.1, 0.15) is 49.3 Å². The van der Waals surface area contributed by atoms with Gasteiger partial charge in [0.15, 0.2) is 11.5 Å². The van der Waals surface area contributed by atoms with Gasteiger partial charge in [-0.05, 0) is 56.9 Å². The van der Waals surface area contributed by atoms with E-state index in [2.05, 4.69) is 0 Å². The Bertz CT molecular complexity index is 1290. The van der Waals surface area contributed by atoms with Crippen LogP contribution >= 0.6 is 0 Å². The lowest BCUT2D eigenvalue weighted by molar-refractivity contribution is 0.313. The Balaban J connectivity index is 2.42. The Morgan fingerprint density at radius 2 is 1.69 bits per heavy atom. The summed E-state index contributed by atoms with van der Waals surface area (Å²) in [5.74, 6) is -0.390. The van der Waals surface area contributed by atoms with Crippen LogP contribution in [0.2, 0.25) is 0 Å². The van der Waals surface area contributed by atoms with Gasteiger partial charge in [0.2, 0.25) is 0 Å². The average molecular weight is 529 g/mol. The SMILES string of the molecule is COc1c(C)c(OS(=O)(=O)c2ccc(C)cc2)cc(C(C)CC/C(OS(C)(=O)=O)=C(/C)CO)c1O. The lowest BCUT2D eigenvalue weighted by Crippen LogP contribution is -2.12. The lowest BCUT2D eigenvalue weighted by Gasteiger charge is -2.20. The normalized spacial score (nSPS) is 13.7. The molecule has 2 aromatic carbocycles. The summed E-state index contributed by atoms with van der Waals surface area (Å²) in [4.78, 5) is -0.0173. The fraction of sp³-hybridized carbons (Fsp3) is 0.417.